The van der Waals surface area contributed by atoms with Gasteiger partial charge in [-0.25, -0.2) is 8.78 Å². The van der Waals surface area contributed by atoms with Gasteiger partial charge in [0.25, 0.3) is 0 Å². The first-order valence-corrected chi connectivity index (χ1v) is 10.1. The van der Waals surface area contributed by atoms with Gasteiger partial charge in [0, 0.05) is 43.4 Å². The van der Waals surface area contributed by atoms with Gasteiger partial charge in [0.1, 0.15) is 11.6 Å². The lowest BCUT2D eigenvalue weighted by atomic mass is 10.0. The van der Waals surface area contributed by atoms with E-state index in [1.165, 1.54) is 12.1 Å². The monoisotopic (exact) mass is 415 g/mol. The number of carbonyl (C=O) groups excluding carboxylic acids is 2. The molecule has 7 heteroatoms. The van der Waals surface area contributed by atoms with Crippen LogP contribution in [0.25, 0.3) is 0 Å². The molecule has 0 bridgehead atoms. The van der Waals surface area contributed by atoms with E-state index in [-0.39, 0.29) is 18.4 Å². The number of nitrogens with zero attached hydrogens (tertiary/aromatic N) is 2. The molecule has 0 spiro atoms. The number of carbonyl (C=O) groups is 2. The Morgan fingerprint density at radius 1 is 1.10 bits per heavy atom. The number of aryl methyl sites for hydroxylation is 1. The molecular weight excluding hydrogens is 388 g/mol. The third kappa shape index (κ3) is 5.86. The number of fused-ring (bicyclic) bond motifs is 1. The number of likely N-dealkylation sites (N-methyl/N-ethyl adjacent to an activating group) is 1. The van der Waals surface area contributed by atoms with Gasteiger partial charge in [-0.3, -0.25) is 9.59 Å². The Morgan fingerprint density at radius 2 is 1.90 bits per heavy atom. The first-order valence-electron chi connectivity index (χ1n) is 10.1. The number of hydrogen-bond donors (Lipinski definition) is 1. The van der Waals surface area contributed by atoms with Crippen molar-refractivity contribution in [3.63, 3.8) is 0 Å². The van der Waals surface area contributed by atoms with Crippen molar-refractivity contribution in [2.45, 2.75) is 32.2 Å². The van der Waals surface area contributed by atoms with Crippen LogP contribution in [0.2, 0.25) is 0 Å². The predicted octanol–water partition coefficient (Wildman–Crippen LogP) is 3.37. The zero-order valence-electron chi connectivity index (χ0n) is 17.4. The van der Waals surface area contributed by atoms with Gasteiger partial charge < -0.3 is 15.1 Å². The number of nitrogens with one attached hydrogen (secondary N) is 1. The van der Waals surface area contributed by atoms with E-state index >= 15 is 0 Å². The first kappa shape index (κ1) is 21.9. The van der Waals surface area contributed by atoms with Gasteiger partial charge in [0.15, 0.2) is 0 Å². The van der Waals surface area contributed by atoms with Crippen LogP contribution in [0.5, 0.6) is 0 Å². The minimum absolute atomic E-state index is 0.00175. The number of anilines is 1. The fraction of sp³-hybridized carbons (Fsp3) is 0.391. The van der Waals surface area contributed by atoms with Crippen LogP contribution in [0, 0.1) is 11.6 Å². The molecule has 0 unspecified atom stereocenters. The fourth-order valence-corrected chi connectivity index (χ4v) is 3.51. The van der Waals surface area contributed by atoms with Crippen molar-refractivity contribution in [2.24, 2.45) is 0 Å². The molecule has 2 amide bonds. The molecule has 30 heavy (non-hydrogen) atoms. The molecule has 0 saturated heterocycles. The molecule has 0 aliphatic carbocycles. The van der Waals surface area contributed by atoms with Crippen LogP contribution in [0.4, 0.5) is 14.5 Å². The molecule has 1 aliphatic rings. The van der Waals surface area contributed by atoms with E-state index < -0.39 is 11.6 Å². The molecule has 0 saturated carbocycles. The van der Waals surface area contributed by atoms with Gasteiger partial charge in [-0.15, -0.1) is 0 Å². The van der Waals surface area contributed by atoms with Crippen molar-refractivity contribution >= 4 is 17.5 Å². The lowest BCUT2D eigenvalue weighted by Gasteiger charge is -2.25. The SMILES string of the molecule is CN(C)CCN(Cc1ccc(F)cc1F)C(=O)CCCc1ccc2c(c1)CC(=O)N2. The second-order valence-corrected chi connectivity index (χ2v) is 7.92. The van der Waals surface area contributed by atoms with Crippen LogP contribution in [0.15, 0.2) is 36.4 Å². The van der Waals surface area contributed by atoms with Crippen LogP contribution >= 0.6 is 0 Å². The highest BCUT2D eigenvalue weighted by Gasteiger charge is 2.19. The van der Waals surface area contributed by atoms with E-state index in [0.717, 1.165) is 29.3 Å². The summed E-state index contributed by atoms with van der Waals surface area (Å²) in [6.07, 6.45) is 2.11. The van der Waals surface area contributed by atoms with Gasteiger partial charge in [-0.2, -0.15) is 0 Å². The zero-order valence-corrected chi connectivity index (χ0v) is 17.4. The molecule has 0 atom stereocenters. The van der Waals surface area contributed by atoms with Gasteiger partial charge in [0.2, 0.25) is 11.8 Å². The van der Waals surface area contributed by atoms with E-state index in [1.54, 1.807) is 4.90 Å². The second kappa shape index (κ2) is 9.80. The summed E-state index contributed by atoms with van der Waals surface area (Å²) in [5, 5.41) is 2.81. The van der Waals surface area contributed by atoms with Gasteiger partial charge in [0.05, 0.1) is 6.42 Å². The molecule has 2 aromatic rings. The number of amides is 2. The van der Waals surface area contributed by atoms with Crippen molar-refractivity contribution in [3.05, 3.63) is 64.7 Å². The predicted molar refractivity (Wildman–Crippen MR) is 112 cm³/mol. The summed E-state index contributed by atoms with van der Waals surface area (Å²) >= 11 is 0. The number of rotatable bonds is 9. The molecule has 1 heterocycles. The Labute approximate surface area is 175 Å². The Hall–Kier alpha value is -2.80. The van der Waals surface area contributed by atoms with Crippen molar-refractivity contribution in [1.29, 1.82) is 0 Å². The summed E-state index contributed by atoms with van der Waals surface area (Å²) in [6, 6.07) is 9.32. The highest BCUT2D eigenvalue weighted by molar-refractivity contribution is 5.99. The summed E-state index contributed by atoms with van der Waals surface area (Å²) in [6.45, 7) is 1.24. The Bertz CT molecular complexity index is 931. The topological polar surface area (TPSA) is 52.7 Å². The largest absolute Gasteiger partial charge is 0.337 e. The number of halogens is 2. The molecule has 160 valence electrons. The van der Waals surface area contributed by atoms with E-state index in [2.05, 4.69) is 5.32 Å². The number of benzene rings is 2. The van der Waals surface area contributed by atoms with Crippen molar-refractivity contribution in [3.8, 4) is 0 Å². The van der Waals surface area contributed by atoms with Crippen molar-refractivity contribution < 1.29 is 18.4 Å². The summed E-state index contributed by atoms with van der Waals surface area (Å²) in [5.41, 5.74) is 3.24. The molecule has 1 N–H and O–H groups in total. The molecular formula is C23H27F2N3O2. The fourth-order valence-electron chi connectivity index (χ4n) is 3.51. The Balaban J connectivity index is 1.58. The maximum Gasteiger partial charge on any atom is 0.228 e. The Morgan fingerprint density at radius 3 is 2.63 bits per heavy atom. The van der Waals surface area contributed by atoms with E-state index in [4.69, 9.17) is 0 Å². The molecule has 5 nitrogen and oxygen atoms in total. The molecule has 2 aromatic carbocycles. The maximum atomic E-state index is 14.1. The van der Waals surface area contributed by atoms with E-state index in [0.29, 0.717) is 37.9 Å². The van der Waals surface area contributed by atoms with Crippen LogP contribution in [0.3, 0.4) is 0 Å². The van der Waals surface area contributed by atoms with Crippen molar-refractivity contribution in [1.82, 2.24) is 9.80 Å². The molecule has 0 radical (unpaired) electrons. The van der Waals surface area contributed by atoms with E-state index in [1.807, 2.05) is 37.2 Å². The second-order valence-electron chi connectivity index (χ2n) is 7.92. The Kier molecular flexibility index (Phi) is 7.15. The lowest BCUT2D eigenvalue weighted by Crippen LogP contribution is -2.36. The van der Waals surface area contributed by atoms with E-state index in [9.17, 15) is 18.4 Å². The average molecular weight is 415 g/mol. The maximum absolute atomic E-state index is 14.1. The highest BCUT2D eigenvalue weighted by Crippen LogP contribution is 2.24. The standard InChI is InChI=1S/C23H27F2N3O2/c1-27(2)10-11-28(15-17-7-8-19(24)14-20(17)25)23(30)5-3-4-16-6-9-21-18(12-16)13-22(29)26-21/h6-9,12,14H,3-5,10-11,13,15H2,1-2H3,(H,26,29). The quantitative estimate of drug-likeness (QED) is 0.683. The molecule has 3 rings (SSSR count). The highest BCUT2D eigenvalue weighted by atomic mass is 19.1. The van der Waals surface area contributed by atoms with Gasteiger partial charge in [-0.1, -0.05) is 18.2 Å². The third-order valence-electron chi connectivity index (χ3n) is 5.20. The third-order valence-corrected chi connectivity index (χ3v) is 5.20. The summed E-state index contributed by atoms with van der Waals surface area (Å²) in [4.78, 5) is 27.9. The zero-order chi connectivity index (χ0) is 21.7. The molecule has 0 fully saturated rings. The summed E-state index contributed by atoms with van der Waals surface area (Å²) in [7, 11) is 3.82. The minimum Gasteiger partial charge on any atom is -0.337 e. The smallest absolute Gasteiger partial charge is 0.228 e. The van der Waals surface area contributed by atoms with Crippen LogP contribution in [0.1, 0.15) is 29.5 Å². The van der Waals surface area contributed by atoms with Crippen molar-refractivity contribution in [2.75, 3.05) is 32.5 Å². The minimum atomic E-state index is -0.640. The van der Waals surface area contributed by atoms with Crippen LogP contribution < -0.4 is 5.32 Å². The lowest BCUT2D eigenvalue weighted by molar-refractivity contribution is -0.132. The van der Waals surface area contributed by atoms with Gasteiger partial charge in [-0.05, 0) is 50.2 Å². The molecule has 0 aromatic heterocycles. The van der Waals surface area contributed by atoms with Gasteiger partial charge >= 0.3 is 0 Å². The normalized spacial score (nSPS) is 12.8. The first-order chi connectivity index (χ1) is 14.3. The number of hydrogen-bond acceptors (Lipinski definition) is 3. The van der Waals surface area contributed by atoms with Crippen LogP contribution in [-0.2, 0) is 29.0 Å². The molecule has 1 aliphatic heterocycles. The summed E-state index contributed by atoms with van der Waals surface area (Å²) in [5.74, 6) is -1.33. The average Bonchev–Trinajstić information content (AvgIpc) is 3.05. The summed E-state index contributed by atoms with van der Waals surface area (Å²) < 4.78 is 27.2. The van der Waals surface area contributed by atoms with Crippen LogP contribution in [-0.4, -0.2) is 48.8 Å².